The summed E-state index contributed by atoms with van der Waals surface area (Å²) >= 11 is 0. The summed E-state index contributed by atoms with van der Waals surface area (Å²) in [7, 11) is 0. The molecule has 0 fully saturated rings. The summed E-state index contributed by atoms with van der Waals surface area (Å²) in [4.78, 5) is 41.1. The lowest BCUT2D eigenvalue weighted by Gasteiger charge is -1.87. The first-order chi connectivity index (χ1) is 15.6. The second kappa shape index (κ2) is 70.3. The summed E-state index contributed by atoms with van der Waals surface area (Å²) in [6, 6.07) is 0. The van der Waals surface area contributed by atoms with Crippen molar-refractivity contribution in [2.45, 2.75) is 111 Å². The molecule has 0 bridgehead atoms. The van der Waals surface area contributed by atoms with Crippen molar-refractivity contribution in [2.75, 3.05) is 0 Å². The van der Waals surface area contributed by atoms with Gasteiger partial charge in [0.15, 0.2) is 23.1 Å². The minimum absolute atomic E-state index is 0.121. The molecule has 0 saturated carbocycles. The number of hydrogen-bond donors (Lipinski definition) is 0. The molecule has 0 amide bonds. The molecule has 0 spiro atoms. The minimum Gasteiger partial charge on any atom is -0.290 e. The third kappa shape index (κ3) is 63.0. The molecule has 4 heteroatoms. The van der Waals surface area contributed by atoms with Crippen molar-refractivity contribution in [3.63, 3.8) is 0 Å². The van der Waals surface area contributed by atoms with E-state index in [9.17, 15) is 19.2 Å². The van der Waals surface area contributed by atoms with Gasteiger partial charge >= 0.3 is 0 Å². The van der Waals surface area contributed by atoms with E-state index in [4.69, 9.17) is 0 Å². The lowest BCUT2D eigenvalue weighted by Crippen LogP contribution is -1.97. The van der Waals surface area contributed by atoms with Crippen LogP contribution in [0.3, 0.4) is 0 Å². The number of allylic oxidation sites excluding steroid dienone is 8. The van der Waals surface area contributed by atoms with Gasteiger partial charge in [-0.15, -0.1) is 0 Å². The van der Waals surface area contributed by atoms with Gasteiger partial charge in [-0.25, -0.2) is 0 Å². The first-order valence-electron chi connectivity index (χ1n) is 12.5. The molecule has 0 aliphatic heterocycles. The fraction of sp³-hybridized carbons (Fsp3) is 0.571. The molecule has 192 valence electrons. The molecule has 0 aromatic rings. The molecule has 0 aromatic carbocycles. The van der Waals surface area contributed by atoms with Crippen molar-refractivity contribution in [3.8, 4) is 0 Å². The third-order valence-electron chi connectivity index (χ3n) is 1.65. The topological polar surface area (TPSA) is 68.3 Å². The van der Waals surface area contributed by atoms with Gasteiger partial charge < -0.3 is 0 Å². The van der Waals surface area contributed by atoms with Gasteiger partial charge in [-0.2, -0.15) is 0 Å². The van der Waals surface area contributed by atoms with Crippen molar-refractivity contribution in [1.82, 2.24) is 0 Å². The van der Waals surface area contributed by atoms with Crippen LogP contribution >= 0.6 is 0 Å². The van der Waals surface area contributed by atoms with E-state index in [1.165, 1.54) is 48.6 Å². The second-order valence-electron chi connectivity index (χ2n) is 2.94. The summed E-state index contributed by atoms with van der Waals surface area (Å²) in [6.45, 7) is 32.0. The minimum atomic E-state index is -0.121. The number of ketones is 4. The average molecular weight is 457 g/mol. The zero-order chi connectivity index (χ0) is 28.0. The van der Waals surface area contributed by atoms with Gasteiger partial charge in [-0.05, 0) is 48.6 Å². The van der Waals surface area contributed by atoms with Crippen LogP contribution in [0.15, 0.2) is 48.6 Å². The number of rotatable bonds is 0. The Labute approximate surface area is 202 Å². The van der Waals surface area contributed by atoms with Gasteiger partial charge in [0.2, 0.25) is 0 Å². The number of carbonyl (C=O) groups is 4. The molecule has 32 heavy (non-hydrogen) atoms. The molecule has 0 atom stereocenters. The number of hydrogen-bond acceptors (Lipinski definition) is 4. The van der Waals surface area contributed by atoms with Crippen LogP contribution in [0.25, 0.3) is 0 Å². The monoisotopic (exact) mass is 456 g/mol. The average Bonchev–Trinajstić information content (AvgIpc) is 2.93. The smallest absolute Gasteiger partial charge is 0.178 e. The lowest BCUT2D eigenvalue weighted by molar-refractivity contribution is -0.113. The van der Waals surface area contributed by atoms with Gasteiger partial charge in [-0.3, -0.25) is 19.2 Å². The van der Waals surface area contributed by atoms with Crippen LogP contribution in [-0.2, 0) is 19.2 Å². The van der Waals surface area contributed by atoms with Gasteiger partial charge in [0.1, 0.15) is 0 Å². The predicted octanol–water partition coefficient (Wildman–Crippen LogP) is 8.71. The fourth-order valence-corrected chi connectivity index (χ4v) is 0.879. The molecule has 0 radical (unpaired) electrons. The largest absolute Gasteiger partial charge is 0.290 e. The highest BCUT2D eigenvalue weighted by atomic mass is 16.1. The molecule has 4 nitrogen and oxygen atoms in total. The summed E-state index contributed by atoms with van der Waals surface area (Å²) in [5.41, 5.74) is 0. The zero-order valence-corrected chi connectivity index (χ0v) is 24.3. The van der Waals surface area contributed by atoms with Crippen molar-refractivity contribution < 1.29 is 19.2 Å². The standard InChI is InChI=1S/2C6H4O2.8C2H6/c2*7-5-1-2-6(8)4-3-5;8*1-2/h2*1-4H;8*1-2H3. The summed E-state index contributed by atoms with van der Waals surface area (Å²) in [5, 5.41) is 0. The maximum absolute atomic E-state index is 10.3. The van der Waals surface area contributed by atoms with Crippen LogP contribution in [0.2, 0.25) is 0 Å². The van der Waals surface area contributed by atoms with Gasteiger partial charge in [0.25, 0.3) is 0 Å². The second-order valence-corrected chi connectivity index (χ2v) is 2.94. The maximum atomic E-state index is 10.3. The summed E-state index contributed by atoms with van der Waals surface area (Å²) < 4.78 is 0. The van der Waals surface area contributed by atoms with Crippen molar-refractivity contribution in [2.24, 2.45) is 0 Å². The van der Waals surface area contributed by atoms with E-state index >= 15 is 0 Å². The fourth-order valence-electron chi connectivity index (χ4n) is 0.879. The zero-order valence-electron chi connectivity index (χ0n) is 24.3. The highest BCUT2D eigenvalue weighted by molar-refractivity contribution is 6.14. The highest BCUT2D eigenvalue weighted by Gasteiger charge is 1.98. The van der Waals surface area contributed by atoms with E-state index in [-0.39, 0.29) is 23.1 Å². The van der Waals surface area contributed by atoms with Crippen LogP contribution in [0, 0.1) is 0 Å². The molecular weight excluding hydrogens is 400 g/mol. The molecule has 0 unspecified atom stereocenters. The van der Waals surface area contributed by atoms with Crippen LogP contribution in [0.5, 0.6) is 0 Å². The quantitative estimate of drug-likeness (QED) is 0.342. The first kappa shape index (κ1) is 51.9. The van der Waals surface area contributed by atoms with E-state index in [2.05, 4.69) is 0 Å². The molecule has 2 aliphatic carbocycles. The van der Waals surface area contributed by atoms with E-state index in [0.29, 0.717) is 0 Å². The normalized spacial score (nSPS) is 10.2. The number of carbonyl (C=O) groups excluding carboxylic acids is 4. The van der Waals surface area contributed by atoms with Crippen LogP contribution in [-0.4, -0.2) is 23.1 Å². The Kier molecular flexibility index (Phi) is 114. The van der Waals surface area contributed by atoms with E-state index in [0.717, 1.165) is 0 Å². The molecule has 0 aromatic heterocycles. The van der Waals surface area contributed by atoms with Crippen LogP contribution in [0.1, 0.15) is 111 Å². The molecule has 0 N–H and O–H groups in total. The van der Waals surface area contributed by atoms with Crippen molar-refractivity contribution in [1.29, 1.82) is 0 Å². The molecule has 0 saturated heterocycles. The Morgan fingerprint density at radius 1 is 0.250 bits per heavy atom. The van der Waals surface area contributed by atoms with Crippen molar-refractivity contribution in [3.05, 3.63) is 48.6 Å². The van der Waals surface area contributed by atoms with Gasteiger partial charge in [0, 0.05) is 0 Å². The van der Waals surface area contributed by atoms with Crippen LogP contribution in [0.4, 0.5) is 0 Å². The summed E-state index contributed by atoms with van der Waals surface area (Å²) in [6.07, 6.45) is 10.0. The molecule has 2 aliphatic rings. The van der Waals surface area contributed by atoms with E-state index in [1.807, 2.05) is 111 Å². The van der Waals surface area contributed by atoms with Gasteiger partial charge in [0.05, 0.1) is 0 Å². The third-order valence-corrected chi connectivity index (χ3v) is 1.65. The summed E-state index contributed by atoms with van der Waals surface area (Å²) in [5.74, 6) is -0.483. The first-order valence-corrected chi connectivity index (χ1v) is 12.5. The SMILES string of the molecule is CC.CC.CC.CC.CC.CC.CC.CC.O=C1C=CC(=O)C=C1.O=C1C=CC(=O)C=C1. The maximum Gasteiger partial charge on any atom is 0.178 e. The lowest BCUT2D eigenvalue weighted by atomic mass is 10.2. The van der Waals surface area contributed by atoms with Gasteiger partial charge in [-0.1, -0.05) is 111 Å². The Morgan fingerprint density at radius 3 is 0.375 bits per heavy atom. The molecule has 0 heterocycles. The van der Waals surface area contributed by atoms with E-state index < -0.39 is 0 Å². The van der Waals surface area contributed by atoms with E-state index in [1.54, 1.807) is 0 Å². The Bertz CT molecular complexity index is 346. The highest BCUT2D eigenvalue weighted by Crippen LogP contribution is 1.91. The van der Waals surface area contributed by atoms with Crippen LogP contribution < -0.4 is 0 Å². The van der Waals surface area contributed by atoms with Crippen molar-refractivity contribution >= 4 is 23.1 Å². The Hall–Kier alpha value is -2.36. The Balaban J connectivity index is -0.0000000373. The Morgan fingerprint density at radius 2 is 0.312 bits per heavy atom. The predicted molar refractivity (Wildman–Crippen MR) is 147 cm³/mol. The molecular formula is C28H56O4. The molecule has 2 rings (SSSR count).